The molecule has 0 aliphatic heterocycles. The lowest BCUT2D eigenvalue weighted by atomic mass is 10.2. The van der Waals surface area contributed by atoms with Crippen LogP contribution in [0.1, 0.15) is 12.0 Å². The van der Waals surface area contributed by atoms with Gasteiger partial charge >= 0.3 is 0 Å². The van der Waals surface area contributed by atoms with Gasteiger partial charge in [-0.15, -0.1) is 0 Å². The summed E-state index contributed by atoms with van der Waals surface area (Å²) in [4.78, 5) is 11.3. The van der Waals surface area contributed by atoms with Gasteiger partial charge in [0.2, 0.25) is 5.91 Å². The summed E-state index contributed by atoms with van der Waals surface area (Å²) in [5.41, 5.74) is 1.15. The number of benzene rings is 1. The summed E-state index contributed by atoms with van der Waals surface area (Å²) in [5, 5.41) is 13.9. The van der Waals surface area contributed by atoms with E-state index in [9.17, 15) is 4.79 Å². The molecule has 1 rings (SSSR count). The summed E-state index contributed by atoms with van der Waals surface area (Å²) in [6.07, 6.45) is 0.336. The van der Waals surface area contributed by atoms with Crippen LogP contribution in [0.25, 0.3) is 0 Å². The molecule has 5 nitrogen and oxygen atoms in total. The van der Waals surface area contributed by atoms with Crippen molar-refractivity contribution in [3.63, 3.8) is 0 Å². The summed E-state index contributed by atoms with van der Waals surface area (Å²) < 4.78 is 5.53. The molecule has 0 radical (unpaired) electrons. The highest BCUT2D eigenvalue weighted by atomic mass is 16.5. The van der Waals surface area contributed by atoms with Crippen LogP contribution in [0.5, 0.6) is 5.75 Å². The van der Waals surface area contributed by atoms with Crippen LogP contribution >= 0.6 is 0 Å². The molecule has 1 aromatic carbocycles. The van der Waals surface area contributed by atoms with E-state index in [1.54, 1.807) is 0 Å². The van der Waals surface area contributed by atoms with Crippen LogP contribution < -0.4 is 15.4 Å². The van der Waals surface area contributed by atoms with Crippen LogP contribution in [0, 0.1) is 18.3 Å². The predicted molar refractivity (Wildman–Crippen MR) is 72.8 cm³/mol. The molecular weight excluding hydrogens is 242 g/mol. The Hall–Kier alpha value is -2.06. The average Bonchev–Trinajstić information content (AvgIpc) is 2.39. The maximum Gasteiger partial charge on any atom is 0.233 e. The molecule has 0 heterocycles. The second-order valence-electron chi connectivity index (χ2n) is 4.10. The zero-order chi connectivity index (χ0) is 13.9. The highest BCUT2D eigenvalue weighted by molar-refractivity contribution is 5.77. The Labute approximate surface area is 113 Å². The quantitative estimate of drug-likeness (QED) is 0.684. The van der Waals surface area contributed by atoms with Crippen LogP contribution in [0.2, 0.25) is 0 Å². The van der Waals surface area contributed by atoms with Gasteiger partial charge < -0.3 is 15.4 Å². The van der Waals surface area contributed by atoms with Crippen molar-refractivity contribution in [2.24, 2.45) is 0 Å². The topological polar surface area (TPSA) is 74.2 Å². The molecule has 0 bridgehead atoms. The maximum absolute atomic E-state index is 11.3. The number of rotatable bonds is 8. The van der Waals surface area contributed by atoms with Crippen molar-refractivity contribution < 1.29 is 9.53 Å². The van der Waals surface area contributed by atoms with E-state index in [4.69, 9.17) is 10.00 Å². The van der Waals surface area contributed by atoms with E-state index >= 15 is 0 Å². The molecule has 0 aromatic heterocycles. The molecule has 5 heteroatoms. The first kappa shape index (κ1) is 15.0. The second-order valence-corrected chi connectivity index (χ2v) is 4.10. The van der Waals surface area contributed by atoms with Crippen molar-refractivity contribution in [3.8, 4) is 11.8 Å². The number of ether oxygens (including phenoxy) is 1. The van der Waals surface area contributed by atoms with Gasteiger partial charge in [0.1, 0.15) is 12.4 Å². The number of hydrogen-bond acceptors (Lipinski definition) is 4. The molecule has 0 saturated carbocycles. The highest BCUT2D eigenvalue weighted by Crippen LogP contribution is 2.11. The summed E-state index contributed by atoms with van der Waals surface area (Å²) in [5.74, 6) is 0.728. The van der Waals surface area contributed by atoms with E-state index in [-0.39, 0.29) is 12.5 Å². The Morgan fingerprint density at radius 2 is 2.26 bits per heavy atom. The van der Waals surface area contributed by atoms with Gasteiger partial charge in [0.15, 0.2) is 0 Å². The van der Waals surface area contributed by atoms with Crippen LogP contribution in [0.3, 0.4) is 0 Å². The minimum Gasteiger partial charge on any atom is -0.492 e. The number of carbonyl (C=O) groups is 1. The van der Waals surface area contributed by atoms with Crippen molar-refractivity contribution in [1.29, 1.82) is 5.26 Å². The first-order valence-corrected chi connectivity index (χ1v) is 6.26. The number of carbonyl (C=O) groups excluding carboxylic acids is 1. The Morgan fingerprint density at radius 3 is 3.00 bits per heavy atom. The van der Waals surface area contributed by atoms with Crippen LogP contribution in [0.15, 0.2) is 24.3 Å². The van der Waals surface area contributed by atoms with Crippen molar-refractivity contribution in [2.75, 3.05) is 26.2 Å². The number of nitrogens with one attached hydrogen (secondary N) is 2. The van der Waals surface area contributed by atoms with E-state index in [0.29, 0.717) is 26.1 Å². The van der Waals surface area contributed by atoms with Crippen molar-refractivity contribution >= 4 is 5.91 Å². The molecule has 0 saturated heterocycles. The zero-order valence-corrected chi connectivity index (χ0v) is 11.1. The number of amides is 1. The van der Waals surface area contributed by atoms with Gasteiger partial charge in [0, 0.05) is 13.1 Å². The van der Waals surface area contributed by atoms with Gasteiger partial charge in [0.25, 0.3) is 0 Å². The molecular formula is C14H19N3O2. The van der Waals surface area contributed by atoms with Gasteiger partial charge in [-0.2, -0.15) is 5.26 Å². The van der Waals surface area contributed by atoms with Crippen LogP contribution in [0.4, 0.5) is 0 Å². The molecule has 1 aromatic rings. The fourth-order valence-corrected chi connectivity index (χ4v) is 1.47. The highest BCUT2D eigenvalue weighted by Gasteiger charge is 1.99. The van der Waals surface area contributed by atoms with Crippen LogP contribution in [-0.4, -0.2) is 32.1 Å². The first-order chi connectivity index (χ1) is 9.22. The summed E-state index contributed by atoms with van der Waals surface area (Å²) in [7, 11) is 0. The molecule has 0 aliphatic carbocycles. The van der Waals surface area contributed by atoms with Crippen molar-refractivity contribution in [3.05, 3.63) is 29.8 Å². The fourth-order valence-electron chi connectivity index (χ4n) is 1.47. The summed E-state index contributed by atoms with van der Waals surface area (Å²) in [6, 6.07) is 9.79. The zero-order valence-electron chi connectivity index (χ0n) is 11.1. The Balaban J connectivity index is 2.05. The lowest BCUT2D eigenvalue weighted by Crippen LogP contribution is -2.35. The third-order valence-electron chi connectivity index (χ3n) is 2.38. The molecule has 0 atom stereocenters. The molecule has 0 fully saturated rings. The molecule has 0 aliphatic rings. The van der Waals surface area contributed by atoms with Gasteiger partial charge in [-0.05, 0) is 24.6 Å². The predicted octanol–water partition coefficient (Wildman–Crippen LogP) is 0.993. The fraction of sp³-hybridized carbons (Fsp3) is 0.429. The average molecular weight is 261 g/mol. The van der Waals surface area contributed by atoms with Crippen molar-refractivity contribution in [1.82, 2.24) is 10.6 Å². The van der Waals surface area contributed by atoms with E-state index < -0.39 is 0 Å². The lowest BCUT2D eigenvalue weighted by Gasteiger charge is -2.08. The van der Waals surface area contributed by atoms with Gasteiger partial charge in [-0.25, -0.2) is 0 Å². The molecule has 19 heavy (non-hydrogen) atoms. The van der Waals surface area contributed by atoms with Gasteiger partial charge in [-0.1, -0.05) is 12.1 Å². The molecule has 2 N–H and O–H groups in total. The van der Waals surface area contributed by atoms with Crippen LogP contribution in [-0.2, 0) is 4.79 Å². The monoisotopic (exact) mass is 261 g/mol. The maximum atomic E-state index is 11.3. The van der Waals surface area contributed by atoms with Gasteiger partial charge in [-0.3, -0.25) is 4.79 Å². The molecule has 0 spiro atoms. The van der Waals surface area contributed by atoms with E-state index in [1.807, 2.05) is 37.3 Å². The number of nitrogens with zero attached hydrogens (tertiary/aromatic N) is 1. The number of hydrogen-bond donors (Lipinski definition) is 2. The number of aryl methyl sites for hydroxylation is 1. The smallest absolute Gasteiger partial charge is 0.233 e. The first-order valence-electron chi connectivity index (χ1n) is 6.26. The van der Waals surface area contributed by atoms with Crippen molar-refractivity contribution in [2.45, 2.75) is 13.3 Å². The normalized spacial score (nSPS) is 9.68. The molecule has 1 amide bonds. The standard InChI is InChI=1S/C14H19N3O2/c1-12-4-2-5-13(10-12)19-9-8-16-11-14(18)17-7-3-6-15/h2,4-5,10,16H,3,7-9,11H2,1H3,(H,17,18). The third kappa shape index (κ3) is 7.06. The minimum absolute atomic E-state index is 0.106. The van der Waals surface area contributed by atoms with E-state index in [1.165, 1.54) is 0 Å². The molecule has 102 valence electrons. The minimum atomic E-state index is -0.106. The Kier molecular flexibility index (Phi) is 7.06. The van der Waals surface area contributed by atoms with E-state index in [2.05, 4.69) is 10.6 Å². The summed E-state index contributed by atoms with van der Waals surface area (Å²) in [6.45, 7) is 3.75. The molecule has 0 unspecified atom stereocenters. The third-order valence-corrected chi connectivity index (χ3v) is 2.38. The van der Waals surface area contributed by atoms with Gasteiger partial charge in [0.05, 0.1) is 19.0 Å². The lowest BCUT2D eigenvalue weighted by molar-refractivity contribution is -0.120. The van der Waals surface area contributed by atoms with E-state index in [0.717, 1.165) is 11.3 Å². The second kappa shape index (κ2) is 8.95. The largest absolute Gasteiger partial charge is 0.492 e. The number of nitriles is 1. The summed E-state index contributed by atoms with van der Waals surface area (Å²) >= 11 is 0. The Morgan fingerprint density at radius 1 is 1.42 bits per heavy atom. The SMILES string of the molecule is Cc1cccc(OCCNCC(=O)NCCC#N)c1. The Bertz CT molecular complexity index is 441.